The van der Waals surface area contributed by atoms with Crippen molar-refractivity contribution in [3.05, 3.63) is 59.2 Å². The molecule has 0 radical (unpaired) electrons. The third-order valence-corrected chi connectivity index (χ3v) is 7.75. The van der Waals surface area contributed by atoms with Crippen LogP contribution in [0.2, 0.25) is 0 Å². The van der Waals surface area contributed by atoms with E-state index in [1.807, 2.05) is 30.3 Å². The van der Waals surface area contributed by atoms with Gasteiger partial charge in [0.05, 0.1) is 11.7 Å². The van der Waals surface area contributed by atoms with E-state index in [0.717, 1.165) is 5.56 Å². The van der Waals surface area contributed by atoms with Crippen LogP contribution >= 0.6 is 0 Å². The van der Waals surface area contributed by atoms with Crippen molar-refractivity contribution in [2.24, 2.45) is 33.7 Å². The summed E-state index contributed by atoms with van der Waals surface area (Å²) in [5.74, 6) is -2.58. The zero-order valence-corrected chi connectivity index (χ0v) is 25.6. The van der Waals surface area contributed by atoms with Crippen LogP contribution in [0.15, 0.2) is 47.5 Å². The Bertz CT molecular complexity index is 1380. The number of aliphatic imine (C=N–C) groups is 1. The number of unbranched alkanes of at least 4 members (excludes halogenated alkanes) is 1. The van der Waals surface area contributed by atoms with Crippen LogP contribution in [0.4, 0.5) is 5.69 Å². The number of carbonyl (C=O) groups excluding carboxylic acids is 4. The van der Waals surface area contributed by atoms with Crippen LogP contribution in [0.1, 0.15) is 48.8 Å². The van der Waals surface area contributed by atoms with Gasteiger partial charge in [-0.2, -0.15) is 0 Å². The fraction of sp³-hybridized carbons (Fsp3) is 0.452. The number of aryl methyl sites for hydroxylation is 1. The van der Waals surface area contributed by atoms with Crippen molar-refractivity contribution in [1.82, 2.24) is 10.6 Å². The van der Waals surface area contributed by atoms with Gasteiger partial charge in [0.1, 0.15) is 23.9 Å². The fourth-order valence-corrected chi connectivity index (χ4v) is 5.40. The molecule has 14 heteroatoms. The number of hydrogen-bond donors (Lipinski definition) is 8. The van der Waals surface area contributed by atoms with Crippen molar-refractivity contribution < 1.29 is 24.3 Å². The average molecular weight is 624 g/mol. The first-order valence-electron chi connectivity index (χ1n) is 15.0. The molecule has 4 amide bonds. The Morgan fingerprint density at radius 3 is 2.40 bits per heavy atom. The van der Waals surface area contributed by atoms with E-state index in [1.165, 1.54) is 11.0 Å². The van der Waals surface area contributed by atoms with Gasteiger partial charge >= 0.3 is 0 Å². The number of benzene rings is 2. The molecule has 1 aliphatic rings. The van der Waals surface area contributed by atoms with Crippen LogP contribution in [0, 0.1) is 6.92 Å². The molecule has 0 saturated carbocycles. The van der Waals surface area contributed by atoms with E-state index < -0.39 is 47.8 Å². The van der Waals surface area contributed by atoms with Crippen LogP contribution in [-0.2, 0) is 32.0 Å². The molecule has 0 aromatic heterocycles. The number of nitrogens with zero attached hydrogens (tertiary/aromatic N) is 2. The molecule has 14 nitrogen and oxygen atoms in total. The molecule has 244 valence electrons. The standard InChI is InChI=1S/C31H45N9O5/c1-18-14-20(41)16-26-21(18)17-24(39-28(43)22(33)10-7-13-37-31(35)36)30(45)40(26)25(11-5-6-12-32)29(44)38-23(27(34)42)15-19-8-3-2-4-9-19/h2-4,8-9,14,16,22-25,41H,5-7,10-13,15,17,32-33H2,1H3,(H2,34,42)(H,38,44)(H,39,43)(H4,35,36,37)/t22-,23?,24?,25+/m1/s1. The summed E-state index contributed by atoms with van der Waals surface area (Å²) >= 11 is 0. The first kappa shape index (κ1) is 34.8. The highest BCUT2D eigenvalue weighted by molar-refractivity contribution is 6.07. The van der Waals surface area contributed by atoms with Crippen molar-refractivity contribution in [3.63, 3.8) is 0 Å². The molecule has 0 bridgehead atoms. The fourth-order valence-electron chi connectivity index (χ4n) is 5.40. The number of phenolic OH excluding ortho intramolecular Hbond substituents is 1. The van der Waals surface area contributed by atoms with Crippen molar-refractivity contribution >= 4 is 35.3 Å². The lowest BCUT2D eigenvalue weighted by Gasteiger charge is -2.40. The van der Waals surface area contributed by atoms with Crippen LogP contribution in [0.5, 0.6) is 5.75 Å². The molecule has 2 aromatic rings. The number of nitrogens with one attached hydrogen (secondary N) is 2. The Hall–Kier alpha value is -4.69. The number of fused-ring (bicyclic) bond motifs is 1. The number of phenols is 1. The number of guanidine groups is 1. The molecule has 2 aromatic carbocycles. The Morgan fingerprint density at radius 2 is 1.76 bits per heavy atom. The highest BCUT2D eigenvalue weighted by Gasteiger charge is 2.42. The summed E-state index contributed by atoms with van der Waals surface area (Å²) in [7, 11) is 0. The highest BCUT2D eigenvalue weighted by Crippen LogP contribution is 2.36. The average Bonchev–Trinajstić information content (AvgIpc) is 2.98. The van der Waals surface area contributed by atoms with Gasteiger partial charge in [-0.3, -0.25) is 29.1 Å². The number of anilines is 1. The monoisotopic (exact) mass is 623 g/mol. The molecule has 1 heterocycles. The number of hydrogen-bond acceptors (Lipinski definition) is 8. The van der Waals surface area contributed by atoms with Crippen LogP contribution in [0.25, 0.3) is 0 Å². The Balaban J connectivity index is 1.93. The SMILES string of the molecule is Cc1cc(O)cc2c1CC(NC(=O)[C@H](N)CCCN=C(N)N)C(=O)N2[C@@H](CCCCN)C(=O)NC(Cc1ccccc1)C(N)=O. The summed E-state index contributed by atoms with van der Waals surface area (Å²) in [6.45, 7) is 2.44. The van der Waals surface area contributed by atoms with Gasteiger partial charge in [0.25, 0.3) is 5.91 Å². The number of nitrogens with two attached hydrogens (primary N) is 5. The van der Waals surface area contributed by atoms with Gasteiger partial charge in [-0.25, -0.2) is 0 Å². The van der Waals surface area contributed by atoms with E-state index in [1.54, 1.807) is 13.0 Å². The lowest BCUT2D eigenvalue weighted by molar-refractivity contribution is -0.131. The summed E-state index contributed by atoms with van der Waals surface area (Å²) in [6.07, 6.45) is 2.27. The van der Waals surface area contributed by atoms with E-state index in [2.05, 4.69) is 15.6 Å². The van der Waals surface area contributed by atoms with Crippen molar-refractivity contribution in [1.29, 1.82) is 0 Å². The Labute approximate surface area is 262 Å². The normalized spacial score (nSPS) is 16.2. The minimum Gasteiger partial charge on any atom is -0.508 e. The Kier molecular flexibility index (Phi) is 12.7. The number of rotatable bonds is 16. The molecular formula is C31H45N9O5. The van der Waals surface area contributed by atoms with E-state index in [9.17, 15) is 24.3 Å². The highest BCUT2D eigenvalue weighted by atomic mass is 16.3. The van der Waals surface area contributed by atoms with E-state index >= 15 is 0 Å². The Morgan fingerprint density at radius 1 is 1.04 bits per heavy atom. The largest absolute Gasteiger partial charge is 0.508 e. The molecule has 1 aliphatic heterocycles. The second-order valence-corrected chi connectivity index (χ2v) is 11.2. The van der Waals surface area contributed by atoms with Gasteiger partial charge in [0.15, 0.2) is 5.96 Å². The number of amides is 4. The molecular weight excluding hydrogens is 578 g/mol. The predicted molar refractivity (Wildman–Crippen MR) is 172 cm³/mol. The predicted octanol–water partition coefficient (Wildman–Crippen LogP) is -0.834. The number of primary amides is 1. The zero-order chi connectivity index (χ0) is 33.1. The maximum atomic E-state index is 14.1. The lowest BCUT2D eigenvalue weighted by atomic mass is 9.90. The van der Waals surface area contributed by atoms with Crippen LogP contribution in [0.3, 0.4) is 0 Å². The van der Waals surface area contributed by atoms with E-state index in [0.29, 0.717) is 49.2 Å². The molecule has 0 fully saturated rings. The first-order valence-corrected chi connectivity index (χ1v) is 15.0. The third kappa shape index (κ3) is 9.65. The maximum absolute atomic E-state index is 14.1. The topological polar surface area (TPSA) is 258 Å². The van der Waals surface area contributed by atoms with Crippen molar-refractivity contribution in [2.75, 3.05) is 18.0 Å². The van der Waals surface area contributed by atoms with Gasteiger partial charge in [-0.1, -0.05) is 30.3 Å². The van der Waals surface area contributed by atoms with Gasteiger partial charge in [-0.15, -0.1) is 0 Å². The molecule has 13 N–H and O–H groups in total. The smallest absolute Gasteiger partial charge is 0.250 e. The van der Waals surface area contributed by atoms with Gasteiger partial charge < -0.3 is 44.4 Å². The molecule has 0 spiro atoms. The summed E-state index contributed by atoms with van der Waals surface area (Å²) in [5.41, 5.74) is 30.7. The quantitative estimate of drug-likeness (QED) is 0.0658. The van der Waals surface area contributed by atoms with Crippen LogP contribution in [-0.4, -0.2) is 72.0 Å². The van der Waals surface area contributed by atoms with E-state index in [-0.39, 0.29) is 37.4 Å². The molecule has 0 aliphatic carbocycles. The molecule has 4 atom stereocenters. The summed E-state index contributed by atoms with van der Waals surface area (Å²) in [6, 6.07) is 7.94. The van der Waals surface area contributed by atoms with Crippen molar-refractivity contribution in [3.8, 4) is 5.75 Å². The van der Waals surface area contributed by atoms with Crippen molar-refractivity contribution in [2.45, 2.75) is 76.0 Å². The van der Waals surface area contributed by atoms with Gasteiger partial charge in [0.2, 0.25) is 17.7 Å². The zero-order valence-electron chi connectivity index (χ0n) is 25.6. The first-order chi connectivity index (χ1) is 21.4. The third-order valence-electron chi connectivity index (χ3n) is 7.75. The second kappa shape index (κ2) is 16.4. The summed E-state index contributed by atoms with van der Waals surface area (Å²) in [4.78, 5) is 58.8. The lowest BCUT2D eigenvalue weighted by Crippen LogP contribution is -2.61. The van der Waals surface area contributed by atoms with Gasteiger partial charge in [-0.05, 0) is 68.3 Å². The number of aromatic hydroxyl groups is 1. The molecule has 45 heavy (non-hydrogen) atoms. The minimum absolute atomic E-state index is 0.0618. The van der Waals surface area contributed by atoms with E-state index in [4.69, 9.17) is 28.7 Å². The molecule has 3 rings (SSSR count). The van der Waals surface area contributed by atoms with Crippen LogP contribution < -0.4 is 44.2 Å². The molecule has 0 saturated heterocycles. The summed E-state index contributed by atoms with van der Waals surface area (Å²) < 4.78 is 0. The second-order valence-electron chi connectivity index (χ2n) is 11.2. The summed E-state index contributed by atoms with van der Waals surface area (Å²) in [5, 5.41) is 16.0. The number of carbonyl (C=O) groups is 4. The maximum Gasteiger partial charge on any atom is 0.250 e. The van der Waals surface area contributed by atoms with Gasteiger partial charge in [0, 0.05) is 25.5 Å². The molecule has 2 unspecified atom stereocenters. The minimum atomic E-state index is -1.10.